The van der Waals surface area contributed by atoms with Gasteiger partial charge in [0.25, 0.3) is 0 Å². The van der Waals surface area contributed by atoms with Gasteiger partial charge >= 0.3 is 6.18 Å². The fourth-order valence-corrected chi connectivity index (χ4v) is 5.88. The van der Waals surface area contributed by atoms with Crippen LogP contribution in [-0.2, 0) is 31.9 Å². The van der Waals surface area contributed by atoms with Crippen LogP contribution in [0.1, 0.15) is 111 Å². The van der Waals surface area contributed by atoms with Crippen LogP contribution in [0.3, 0.4) is 0 Å². The summed E-state index contributed by atoms with van der Waals surface area (Å²) in [5, 5.41) is 0.830. The van der Waals surface area contributed by atoms with Crippen molar-refractivity contribution in [2.24, 2.45) is 21.7 Å². The van der Waals surface area contributed by atoms with Gasteiger partial charge in [-0.05, 0) is 106 Å². The Balaban J connectivity index is 0.000000348. The first-order chi connectivity index (χ1) is 23.5. The molecule has 0 fully saturated rings. The van der Waals surface area contributed by atoms with Gasteiger partial charge in [0.05, 0.1) is 5.56 Å². The monoisotopic (exact) mass is 808 g/mol. The molecule has 52 heavy (non-hydrogen) atoms. The molecule has 0 spiro atoms. The molecule has 0 nitrogen and oxygen atoms in total. The highest BCUT2D eigenvalue weighted by Gasteiger charge is 2.30. The van der Waals surface area contributed by atoms with Gasteiger partial charge in [-0.3, -0.25) is 0 Å². The summed E-state index contributed by atoms with van der Waals surface area (Å²) in [6.45, 7) is 25.6. The molecule has 0 bridgehead atoms. The zero-order chi connectivity index (χ0) is 40.1. The standard InChI is InChI=1S/C12H15F3.C11H15Br.C11H15Cl.C11H14F2/c1-11(2,3)8-9-5-4-6-10(7-9)12(13,14)15;2*1-11(2,3)8-9-5-4-6-10(12)7-9;1-11(2,3)7-8-4-5-9(12)6-10(8)13/h4-7H,8H2,1-3H3;2*4-7H,8H2,1-3H3;4-6H,7H2,1-3H3. The SMILES string of the molecule is CC(C)(C)Cc1ccc(F)cc1F.CC(C)(C)Cc1cccc(Br)c1.CC(C)(C)Cc1cccc(C(F)(F)F)c1.CC(C)(C)Cc1cccc(Cl)c1. The second-order valence-electron chi connectivity index (χ2n) is 18.1. The van der Waals surface area contributed by atoms with Gasteiger partial charge in [-0.1, -0.05) is 159 Å². The Labute approximate surface area is 324 Å². The van der Waals surface area contributed by atoms with E-state index in [1.807, 2.05) is 59.7 Å². The Morgan fingerprint density at radius 2 is 0.923 bits per heavy atom. The lowest BCUT2D eigenvalue weighted by molar-refractivity contribution is -0.137. The summed E-state index contributed by atoms with van der Waals surface area (Å²) < 4.78 is 64.1. The molecule has 0 aromatic heterocycles. The summed E-state index contributed by atoms with van der Waals surface area (Å²) in [6, 6.07) is 25.8. The predicted molar refractivity (Wildman–Crippen MR) is 216 cm³/mol. The normalized spacial score (nSPS) is 12.1. The molecule has 0 atom stereocenters. The number of benzene rings is 4. The summed E-state index contributed by atoms with van der Waals surface area (Å²) in [5.74, 6) is -0.968. The van der Waals surface area contributed by atoms with Crippen molar-refractivity contribution in [2.75, 3.05) is 0 Å². The van der Waals surface area contributed by atoms with Crippen LogP contribution in [0.4, 0.5) is 22.0 Å². The van der Waals surface area contributed by atoms with E-state index in [0.29, 0.717) is 29.2 Å². The Hall–Kier alpha value is -2.70. The molecule has 4 aromatic rings. The second-order valence-corrected chi connectivity index (χ2v) is 19.5. The van der Waals surface area contributed by atoms with E-state index in [0.717, 1.165) is 35.6 Å². The van der Waals surface area contributed by atoms with Gasteiger partial charge in [-0.25, -0.2) is 8.78 Å². The number of hydrogen-bond acceptors (Lipinski definition) is 0. The smallest absolute Gasteiger partial charge is 0.207 e. The highest BCUT2D eigenvalue weighted by Crippen LogP contribution is 2.31. The van der Waals surface area contributed by atoms with E-state index in [1.54, 1.807) is 6.07 Å². The quantitative estimate of drug-likeness (QED) is 0.180. The third-order valence-electron chi connectivity index (χ3n) is 6.97. The van der Waals surface area contributed by atoms with Crippen LogP contribution in [-0.4, -0.2) is 0 Å². The van der Waals surface area contributed by atoms with E-state index in [-0.39, 0.29) is 10.8 Å². The van der Waals surface area contributed by atoms with Gasteiger partial charge in [0.2, 0.25) is 0 Å². The van der Waals surface area contributed by atoms with Crippen molar-refractivity contribution in [2.45, 2.75) is 115 Å². The summed E-state index contributed by atoms with van der Waals surface area (Å²) in [7, 11) is 0. The molecule has 0 aliphatic carbocycles. The fraction of sp³-hybridized carbons (Fsp3) is 0.467. The largest absolute Gasteiger partial charge is 0.416 e. The minimum Gasteiger partial charge on any atom is -0.207 e. The van der Waals surface area contributed by atoms with Gasteiger partial charge in [0.15, 0.2) is 0 Å². The molecule has 0 N–H and O–H groups in total. The number of hydrogen-bond donors (Lipinski definition) is 0. The molecule has 4 aromatic carbocycles. The lowest BCUT2D eigenvalue weighted by Gasteiger charge is -2.18. The third kappa shape index (κ3) is 23.1. The maximum Gasteiger partial charge on any atom is 0.416 e. The van der Waals surface area contributed by atoms with Crippen molar-refractivity contribution in [3.05, 3.63) is 140 Å². The molecule has 0 aliphatic heterocycles. The number of alkyl halides is 3. The molecule has 0 unspecified atom stereocenters. The molecular formula is C45H59BrClF5. The van der Waals surface area contributed by atoms with Crippen LogP contribution in [0.5, 0.6) is 0 Å². The predicted octanol–water partition coefficient (Wildman–Crippen LogP) is 15.8. The third-order valence-corrected chi connectivity index (χ3v) is 7.70. The van der Waals surface area contributed by atoms with Gasteiger partial charge in [-0.2, -0.15) is 13.2 Å². The molecule has 7 heteroatoms. The molecular weight excluding hydrogens is 751 g/mol. The summed E-state index contributed by atoms with van der Waals surface area (Å²) >= 11 is 9.34. The van der Waals surface area contributed by atoms with E-state index in [2.05, 4.69) is 87.8 Å². The van der Waals surface area contributed by atoms with Crippen LogP contribution in [0.25, 0.3) is 0 Å². The lowest BCUT2D eigenvalue weighted by atomic mass is 9.88. The first-order valence-electron chi connectivity index (χ1n) is 17.6. The second kappa shape index (κ2) is 20.1. The highest BCUT2D eigenvalue weighted by molar-refractivity contribution is 9.10. The number of rotatable bonds is 4. The molecule has 0 heterocycles. The molecule has 0 radical (unpaired) electrons. The van der Waals surface area contributed by atoms with Crippen molar-refractivity contribution in [3.8, 4) is 0 Å². The average molecular weight is 810 g/mol. The zero-order valence-electron chi connectivity index (χ0n) is 33.1. The average Bonchev–Trinajstić information content (AvgIpc) is 2.92. The van der Waals surface area contributed by atoms with E-state index in [4.69, 9.17) is 11.6 Å². The Kier molecular flexibility index (Phi) is 18.3. The molecule has 0 saturated heterocycles. The highest BCUT2D eigenvalue weighted by atomic mass is 79.9. The lowest BCUT2D eigenvalue weighted by Crippen LogP contribution is -2.11. The molecule has 4 rings (SSSR count). The van der Waals surface area contributed by atoms with Gasteiger partial charge in [0, 0.05) is 15.6 Å². The fourth-order valence-electron chi connectivity index (χ4n) is 5.22. The maximum absolute atomic E-state index is 13.1. The Bertz CT molecular complexity index is 1590. The molecule has 0 aliphatic rings. The minimum absolute atomic E-state index is 0.00419. The van der Waals surface area contributed by atoms with Gasteiger partial charge in [-0.15, -0.1) is 0 Å². The van der Waals surface area contributed by atoms with Crippen LogP contribution >= 0.6 is 27.5 Å². The van der Waals surface area contributed by atoms with Crippen molar-refractivity contribution in [1.29, 1.82) is 0 Å². The van der Waals surface area contributed by atoms with Crippen LogP contribution in [0.15, 0.2) is 95.5 Å². The van der Waals surface area contributed by atoms with Gasteiger partial charge < -0.3 is 0 Å². The van der Waals surface area contributed by atoms with E-state index < -0.39 is 23.4 Å². The van der Waals surface area contributed by atoms with Crippen molar-refractivity contribution >= 4 is 27.5 Å². The van der Waals surface area contributed by atoms with Crippen LogP contribution < -0.4 is 0 Å². The first-order valence-corrected chi connectivity index (χ1v) is 18.8. The minimum atomic E-state index is -4.24. The topological polar surface area (TPSA) is 0 Å². The van der Waals surface area contributed by atoms with Crippen molar-refractivity contribution in [3.63, 3.8) is 0 Å². The first kappa shape index (κ1) is 47.3. The van der Waals surface area contributed by atoms with Crippen molar-refractivity contribution in [1.82, 2.24) is 0 Å². The molecule has 0 amide bonds. The summed E-state index contributed by atoms with van der Waals surface area (Å²) in [4.78, 5) is 0. The summed E-state index contributed by atoms with van der Waals surface area (Å²) in [6.07, 6.45) is -0.760. The van der Waals surface area contributed by atoms with E-state index >= 15 is 0 Å². The Morgan fingerprint density at radius 3 is 1.33 bits per heavy atom. The van der Waals surface area contributed by atoms with Crippen molar-refractivity contribution < 1.29 is 22.0 Å². The maximum atomic E-state index is 13.1. The van der Waals surface area contributed by atoms with E-state index in [9.17, 15) is 22.0 Å². The zero-order valence-corrected chi connectivity index (χ0v) is 35.5. The molecule has 288 valence electrons. The van der Waals surface area contributed by atoms with Crippen LogP contribution in [0, 0.1) is 33.3 Å². The number of halogens is 7. The van der Waals surface area contributed by atoms with E-state index in [1.165, 1.54) is 39.9 Å². The van der Waals surface area contributed by atoms with Crippen LogP contribution in [0.2, 0.25) is 5.02 Å². The Morgan fingerprint density at radius 1 is 0.500 bits per heavy atom. The van der Waals surface area contributed by atoms with Gasteiger partial charge in [0.1, 0.15) is 11.6 Å². The summed E-state index contributed by atoms with van der Waals surface area (Å²) in [5.41, 5.74) is 4.20. The molecule has 0 saturated carbocycles.